The predicted octanol–water partition coefficient (Wildman–Crippen LogP) is 4.51. The molecule has 0 aliphatic heterocycles. The zero-order valence-corrected chi connectivity index (χ0v) is 17.7. The normalized spacial score (nSPS) is 11.2. The molecule has 152 valence electrons. The average molecular weight is 443 g/mol. The van der Waals surface area contributed by atoms with E-state index in [9.17, 15) is 18.8 Å². The third-order valence-electron chi connectivity index (χ3n) is 4.99. The fourth-order valence-electron chi connectivity index (χ4n) is 3.36. The summed E-state index contributed by atoms with van der Waals surface area (Å²) >= 11 is 7.32. The summed E-state index contributed by atoms with van der Waals surface area (Å²) in [6.07, 6.45) is 0. The van der Waals surface area contributed by atoms with Gasteiger partial charge in [0, 0.05) is 9.90 Å². The van der Waals surface area contributed by atoms with Crippen molar-refractivity contribution in [3.05, 3.63) is 96.2 Å². The topological polar surface area (TPSA) is 61.1 Å². The van der Waals surface area contributed by atoms with Gasteiger partial charge >= 0.3 is 5.69 Å². The number of thiophene rings is 1. The maximum Gasteiger partial charge on any atom is 0.337 e. The molecular weight excluding hydrogens is 427 g/mol. The summed E-state index contributed by atoms with van der Waals surface area (Å²) in [4.78, 5) is 40.6. The summed E-state index contributed by atoms with van der Waals surface area (Å²) < 4.78 is 16.3. The molecule has 0 unspecified atom stereocenters. The van der Waals surface area contributed by atoms with Crippen molar-refractivity contribution >= 4 is 38.9 Å². The molecular formula is C22H16ClFN2O3S. The first-order valence-corrected chi connectivity index (χ1v) is 10.3. The molecule has 4 rings (SSSR count). The van der Waals surface area contributed by atoms with Crippen molar-refractivity contribution in [2.45, 2.75) is 20.4 Å². The lowest BCUT2D eigenvalue weighted by atomic mass is 10.1. The van der Waals surface area contributed by atoms with E-state index in [1.165, 1.54) is 40.2 Å². The molecule has 0 spiro atoms. The number of carbonyl (C=O) groups excluding carboxylic acids is 1. The number of rotatable bonds is 4. The number of benzene rings is 2. The molecule has 4 aromatic rings. The molecule has 0 bridgehead atoms. The molecule has 0 fully saturated rings. The van der Waals surface area contributed by atoms with Crippen molar-refractivity contribution in [2.24, 2.45) is 0 Å². The van der Waals surface area contributed by atoms with Crippen molar-refractivity contribution in [3.63, 3.8) is 0 Å². The van der Waals surface area contributed by atoms with Gasteiger partial charge in [-0.05, 0) is 49.7 Å². The number of hydrogen-bond donors (Lipinski definition) is 0. The molecule has 30 heavy (non-hydrogen) atoms. The van der Waals surface area contributed by atoms with Crippen molar-refractivity contribution in [2.75, 3.05) is 0 Å². The first kappa shape index (κ1) is 20.3. The lowest BCUT2D eigenvalue weighted by molar-refractivity contribution is 0.0968. The molecule has 0 amide bonds. The predicted molar refractivity (Wildman–Crippen MR) is 117 cm³/mol. The Morgan fingerprint density at radius 2 is 1.83 bits per heavy atom. The Morgan fingerprint density at radius 3 is 2.53 bits per heavy atom. The fraction of sp³-hybridized carbons (Fsp3) is 0.136. The standard InChI is InChI=1S/C22H16ClFN2O3S/c1-12-13(2)30-21-19(12)20(28)26(15-7-5-6-14(23)10-15)22(29)25(21)11-18(27)16-8-3-4-9-17(16)24/h3-10H,11H2,1-2H3. The van der Waals surface area contributed by atoms with E-state index in [0.29, 0.717) is 20.9 Å². The van der Waals surface area contributed by atoms with Gasteiger partial charge in [-0.3, -0.25) is 14.2 Å². The van der Waals surface area contributed by atoms with Crippen LogP contribution >= 0.6 is 22.9 Å². The molecule has 0 atom stereocenters. The highest BCUT2D eigenvalue weighted by Gasteiger charge is 2.22. The number of carbonyl (C=O) groups is 1. The van der Waals surface area contributed by atoms with Crippen LogP contribution < -0.4 is 11.2 Å². The zero-order chi connectivity index (χ0) is 21.6. The molecule has 0 radical (unpaired) electrons. The lowest BCUT2D eigenvalue weighted by Gasteiger charge is -2.12. The third-order valence-corrected chi connectivity index (χ3v) is 6.46. The van der Waals surface area contributed by atoms with Crippen LogP contribution in [0.25, 0.3) is 15.9 Å². The summed E-state index contributed by atoms with van der Waals surface area (Å²) in [6.45, 7) is 3.25. The maximum atomic E-state index is 14.1. The Hall–Kier alpha value is -3.03. The van der Waals surface area contributed by atoms with Crippen molar-refractivity contribution in [1.82, 2.24) is 9.13 Å². The van der Waals surface area contributed by atoms with Gasteiger partial charge in [0.1, 0.15) is 10.6 Å². The van der Waals surface area contributed by atoms with Crippen LogP contribution in [0.15, 0.2) is 58.1 Å². The number of ketones is 1. The highest BCUT2D eigenvalue weighted by Crippen LogP contribution is 2.27. The van der Waals surface area contributed by atoms with Gasteiger partial charge in [-0.15, -0.1) is 11.3 Å². The molecule has 0 saturated carbocycles. The van der Waals surface area contributed by atoms with Crippen molar-refractivity contribution in [1.29, 1.82) is 0 Å². The highest BCUT2D eigenvalue weighted by atomic mass is 35.5. The minimum absolute atomic E-state index is 0.108. The molecule has 0 aliphatic carbocycles. The molecule has 0 N–H and O–H groups in total. The van der Waals surface area contributed by atoms with E-state index in [4.69, 9.17) is 11.6 Å². The smallest absolute Gasteiger partial charge is 0.292 e. The Morgan fingerprint density at radius 1 is 1.10 bits per heavy atom. The lowest BCUT2D eigenvalue weighted by Crippen LogP contribution is -2.39. The van der Waals surface area contributed by atoms with E-state index in [-0.39, 0.29) is 5.56 Å². The first-order chi connectivity index (χ1) is 14.3. The molecule has 5 nitrogen and oxygen atoms in total. The van der Waals surface area contributed by atoms with E-state index in [1.54, 1.807) is 31.2 Å². The largest absolute Gasteiger partial charge is 0.337 e. The number of nitrogens with zero attached hydrogens (tertiary/aromatic N) is 2. The Kier molecular flexibility index (Phi) is 5.17. The van der Waals surface area contributed by atoms with Gasteiger partial charge in [0.25, 0.3) is 5.56 Å². The van der Waals surface area contributed by atoms with Crippen LogP contribution in [-0.2, 0) is 6.54 Å². The number of fused-ring (bicyclic) bond motifs is 1. The van der Waals surface area contributed by atoms with Crippen LogP contribution in [0.1, 0.15) is 20.8 Å². The number of Topliss-reactive ketones (excluding diaryl/α,β-unsaturated/α-hetero) is 1. The van der Waals surface area contributed by atoms with Crippen LogP contribution in [0, 0.1) is 19.7 Å². The van der Waals surface area contributed by atoms with Crippen molar-refractivity contribution < 1.29 is 9.18 Å². The van der Waals surface area contributed by atoms with Crippen LogP contribution in [-0.4, -0.2) is 14.9 Å². The maximum absolute atomic E-state index is 14.1. The SMILES string of the molecule is Cc1sc2c(c1C)c(=O)n(-c1cccc(Cl)c1)c(=O)n2CC(=O)c1ccccc1F. The van der Waals surface area contributed by atoms with Gasteiger partial charge in [-0.1, -0.05) is 29.8 Å². The summed E-state index contributed by atoms with van der Waals surface area (Å²) in [6, 6.07) is 12.0. The first-order valence-electron chi connectivity index (χ1n) is 9.09. The minimum Gasteiger partial charge on any atom is -0.292 e. The molecule has 0 aliphatic rings. The average Bonchev–Trinajstić information content (AvgIpc) is 3.00. The number of aromatic nitrogens is 2. The monoisotopic (exact) mass is 442 g/mol. The van der Waals surface area contributed by atoms with Crippen LogP contribution in [0.3, 0.4) is 0 Å². The second-order valence-electron chi connectivity index (χ2n) is 6.86. The number of aryl methyl sites for hydroxylation is 2. The number of halogens is 2. The van der Waals surface area contributed by atoms with Crippen LogP contribution in [0.5, 0.6) is 0 Å². The molecule has 8 heteroatoms. The summed E-state index contributed by atoms with van der Waals surface area (Å²) in [5.74, 6) is -1.22. The minimum atomic E-state index is -0.680. The van der Waals surface area contributed by atoms with Gasteiger partial charge < -0.3 is 0 Å². The fourth-order valence-corrected chi connectivity index (χ4v) is 4.68. The van der Waals surface area contributed by atoms with Crippen LogP contribution in [0.4, 0.5) is 4.39 Å². The molecule has 2 aromatic heterocycles. The van der Waals surface area contributed by atoms with Crippen molar-refractivity contribution in [3.8, 4) is 5.69 Å². The summed E-state index contributed by atoms with van der Waals surface area (Å²) in [5, 5.41) is 0.726. The van der Waals surface area contributed by atoms with Gasteiger partial charge in [-0.2, -0.15) is 0 Å². The molecule has 2 aromatic carbocycles. The van der Waals surface area contributed by atoms with E-state index < -0.39 is 29.4 Å². The van der Waals surface area contributed by atoms with Gasteiger partial charge in [0.15, 0.2) is 5.78 Å². The Labute approximate surface area is 179 Å². The van der Waals surface area contributed by atoms with E-state index in [2.05, 4.69) is 0 Å². The van der Waals surface area contributed by atoms with E-state index in [1.807, 2.05) is 6.92 Å². The quantitative estimate of drug-likeness (QED) is 0.437. The molecule has 0 saturated heterocycles. The zero-order valence-electron chi connectivity index (χ0n) is 16.1. The summed E-state index contributed by atoms with van der Waals surface area (Å²) in [5.41, 5.74) is -0.227. The summed E-state index contributed by atoms with van der Waals surface area (Å²) in [7, 11) is 0. The Bertz CT molecular complexity index is 1430. The molecule has 2 heterocycles. The van der Waals surface area contributed by atoms with Gasteiger partial charge in [0.2, 0.25) is 0 Å². The number of hydrogen-bond acceptors (Lipinski definition) is 4. The van der Waals surface area contributed by atoms with E-state index in [0.717, 1.165) is 15.0 Å². The third kappa shape index (κ3) is 3.30. The second-order valence-corrected chi connectivity index (χ2v) is 8.50. The van der Waals surface area contributed by atoms with E-state index >= 15 is 0 Å². The Balaban J connectivity index is 2.01. The highest BCUT2D eigenvalue weighted by molar-refractivity contribution is 7.18. The van der Waals surface area contributed by atoms with Gasteiger partial charge in [0.05, 0.1) is 23.2 Å². The van der Waals surface area contributed by atoms with Crippen LogP contribution in [0.2, 0.25) is 5.02 Å². The second kappa shape index (κ2) is 7.66. The van der Waals surface area contributed by atoms with Gasteiger partial charge in [-0.25, -0.2) is 13.8 Å².